The minimum Gasteiger partial charge on any atom is -0.479 e. The molecule has 0 radical (unpaired) electrons. The molecule has 14 heavy (non-hydrogen) atoms. The van der Waals surface area contributed by atoms with Crippen LogP contribution in [-0.4, -0.2) is 31.9 Å². The summed E-state index contributed by atoms with van der Waals surface area (Å²) in [4.78, 5) is 16.0. The Morgan fingerprint density at radius 2 is 1.93 bits per heavy atom. The highest BCUT2D eigenvalue weighted by atomic mass is 32.2. The number of carboxylic acid groups (broad SMARTS) is 1. The Hall–Kier alpha value is -0.660. The van der Waals surface area contributed by atoms with Crippen LogP contribution in [0.1, 0.15) is 20.8 Å². The van der Waals surface area contributed by atoms with E-state index < -0.39 is 28.0 Å². The average molecular weight is 225 g/mol. The van der Waals surface area contributed by atoms with E-state index in [4.69, 9.17) is 5.11 Å². The molecular weight excluding hydrogens is 210 g/mol. The maximum Gasteiger partial charge on any atom is 0.331 e. The average Bonchev–Trinajstić information content (AvgIpc) is 1.78. The second kappa shape index (κ2) is 4.72. The Morgan fingerprint density at radius 1 is 1.43 bits per heavy atom. The van der Waals surface area contributed by atoms with E-state index in [1.54, 1.807) is 25.7 Å². The first-order valence-corrected chi connectivity index (χ1v) is 5.61. The van der Waals surface area contributed by atoms with Gasteiger partial charge in [-0.15, -0.1) is 0 Å². The molecule has 0 aliphatic rings. The van der Waals surface area contributed by atoms with Crippen molar-refractivity contribution in [1.29, 1.82) is 0 Å². The smallest absolute Gasteiger partial charge is 0.331 e. The largest absolute Gasteiger partial charge is 0.479 e. The van der Waals surface area contributed by atoms with Gasteiger partial charge in [-0.25, -0.2) is 13.2 Å². The van der Waals surface area contributed by atoms with Gasteiger partial charge in [-0.05, 0) is 5.41 Å². The van der Waals surface area contributed by atoms with E-state index in [9.17, 15) is 13.2 Å². The van der Waals surface area contributed by atoms with Gasteiger partial charge in [-0.2, -0.15) is 0 Å². The zero-order valence-electron chi connectivity index (χ0n) is 8.40. The second-order valence-electron chi connectivity index (χ2n) is 4.09. The van der Waals surface area contributed by atoms with Crippen molar-refractivity contribution in [2.24, 2.45) is 5.41 Å². The van der Waals surface area contributed by atoms with Crippen LogP contribution in [0.25, 0.3) is 0 Å². The van der Waals surface area contributed by atoms with Crippen LogP contribution in [0.4, 0.5) is 0 Å². The van der Waals surface area contributed by atoms with Gasteiger partial charge in [-0.1, -0.05) is 25.7 Å². The van der Waals surface area contributed by atoms with Gasteiger partial charge in [0.15, 0.2) is 6.61 Å². The zero-order valence-corrected chi connectivity index (χ0v) is 9.22. The predicted octanol–water partition coefficient (Wildman–Crippen LogP) is -0.0319. The van der Waals surface area contributed by atoms with Crippen LogP contribution in [-0.2, 0) is 19.7 Å². The first-order valence-electron chi connectivity index (χ1n) is 3.95. The van der Waals surface area contributed by atoms with Crippen LogP contribution in [0.3, 0.4) is 0 Å². The third kappa shape index (κ3) is 7.96. The second-order valence-corrected chi connectivity index (χ2v) is 5.77. The zero-order chi connectivity index (χ0) is 11.4. The van der Waals surface area contributed by atoms with Crippen LogP contribution in [0.2, 0.25) is 0 Å². The molecule has 0 amide bonds. The number of carboxylic acids is 1. The van der Waals surface area contributed by atoms with E-state index in [0.29, 0.717) is 0 Å². The fourth-order valence-corrected chi connectivity index (χ4v) is 2.22. The van der Waals surface area contributed by atoms with Crippen LogP contribution in [0.15, 0.2) is 0 Å². The molecule has 0 spiro atoms. The molecule has 84 valence electrons. The summed E-state index contributed by atoms with van der Waals surface area (Å²) in [5, 5.41) is 8.18. The van der Waals surface area contributed by atoms with Gasteiger partial charge in [0.25, 0.3) is 0 Å². The summed E-state index contributed by atoms with van der Waals surface area (Å²) in [6.45, 7) is 4.57. The standard InChI is InChI=1S/C7H15NO5S/c1-7(2,3)5-14(11,12)8-13-4-6(9)10/h8H,4-5H2,1-3H3,(H,9,10). The van der Waals surface area contributed by atoms with Crippen molar-refractivity contribution < 1.29 is 23.2 Å². The van der Waals surface area contributed by atoms with Crippen molar-refractivity contribution in [1.82, 2.24) is 4.89 Å². The van der Waals surface area contributed by atoms with E-state index in [1.165, 1.54) is 0 Å². The Morgan fingerprint density at radius 3 is 2.29 bits per heavy atom. The molecule has 0 saturated heterocycles. The third-order valence-corrected chi connectivity index (χ3v) is 2.62. The van der Waals surface area contributed by atoms with E-state index in [2.05, 4.69) is 4.84 Å². The maximum atomic E-state index is 11.2. The number of hydrogen-bond acceptors (Lipinski definition) is 4. The summed E-state index contributed by atoms with van der Waals surface area (Å²) in [5.41, 5.74) is -0.404. The van der Waals surface area contributed by atoms with Crippen molar-refractivity contribution in [3.05, 3.63) is 0 Å². The Bertz CT molecular complexity index is 290. The van der Waals surface area contributed by atoms with E-state index in [0.717, 1.165) is 0 Å². The molecule has 0 aliphatic heterocycles. The quantitative estimate of drug-likeness (QED) is 0.641. The van der Waals surface area contributed by atoms with Crippen molar-refractivity contribution >= 4 is 16.0 Å². The maximum absolute atomic E-state index is 11.2. The summed E-state index contributed by atoms with van der Waals surface area (Å²) in [7, 11) is -3.57. The number of carbonyl (C=O) groups is 1. The van der Waals surface area contributed by atoms with Gasteiger partial charge in [0, 0.05) is 0 Å². The van der Waals surface area contributed by atoms with Gasteiger partial charge in [-0.3, -0.25) is 4.84 Å². The topological polar surface area (TPSA) is 92.7 Å². The van der Waals surface area contributed by atoms with Gasteiger partial charge in [0.2, 0.25) is 10.0 Å². The lowest BCUT2D eigenvalue weighted by Gasteiger charge is -2.17. The molecule has 0 rings (SSSR count). The van der Waals surface area contributed by atoms with Gasteiger partial charge >= 0.3 is 5.97 Å². The highest BCUT2D eigenvalue weighted by Crippen LogP contribution is 2.14. The molecule has 0 saturated carbocycles. The van der Waals surface area contributed by atoms with Gasteiger partial charge in [0.1, 0.15) is 0 Å². The molecule has 0 aromatic rings. The summed E-state index contributed by atoms with van der Waals surface area (Å²) in [6.07, 6.45) is 0. The lowest BCUT2D eigenvalue weighted by molar-refractivity contribution is -0.143. The highest BCUT2D eigenvalue weighted by Gasteiger charge is 2.21. The Labute approximate surface area is 83.3 Å². The van der Waals surface area contributed by atoms with Crippen LogP contribution >= 0.6 is 0 Å². The number of rotatable bonds is 5. The molecular formula is C7H15NO5S. The lowest BCUT2D eigenvalue weighted by atomic mass is 10.0. The number of nitrogens with one attached hydrogen (secondary N) is 1. The predicted molar refractivity (Wildman–Crippen MR) is 50.0 cm³/mol. The third-order valence-electron chi connectivity index (χ3n) is 1.00. The van der Waals surface area contributed by atoms with Crippen molar-refractivity contribution in [3.8, 4) is 0 Å². The molecule has 2 N–H and O–H groups in total. The molecule has 7 heteroatoms. The minimum absolute atomic E-state index is 0.125. The summed E-state index contributed by atoms with van der Waals surface area (Å²) >= 11 is 0. The lowest BCUT2D eigenvalue weighted by Crippen LogP contribution is -2.33. The van der Waals surface area contributed by atoms with Gasteiger partial charge < -0.3 is 5.11 Å². The number of hydrogen-bond donors (Lipinski definition) is 2. The first kappa shape index (κ1) is 13.3. The first-order chi connectivity index (χ1) is 6.12. The van der Waals surface area contributed by atoms with Crippen LogP contribution in [0.5, 0.6) is 0 Å². The van der Waals surface area contributed by atoms with Crippen molar-refractivity contribution in [3.63, 3.8) is 0 Å². The van der Waals surface area contributed by atoms with Crippen LogP contribution < -0.4 is 4.89 Å². The number of sulfonamides is 1. The van der Waals surface area contributed by atoms with Gasteiger partial charge in [0.05, 0.1) is 5.75 Å². The van der Waals surface area contributed by atoms with Crippen molar-refractivity contribution in [2.45, 2.75) is 20.8 Å². The van der Waals surface area contributed by atoms with Crippen LogP contribution in [0, 0.1) is 5.41 Å². The van der Waals surface area contributed by atoms with E-state index in [-0.39, 0.29) is 5.75 Å². The highest BCUT2D eigenvalue weighted by molar-refractivity contribution is 7.89. The normalized spacial score (nSPS) is 12.8. The molecule has 0 aromatic heterocycles. The fraction of sp³-hybridized carbons (Fsp3) is 0.857. The summed E-state index contributed by atoms with van der Waals surface area (Å²) in [5.74, 6) is -1.36. The molecule has 0 unspecified atom stereocenters. The Kier molecular flexibility index (Phi) is 4.50. The molecule has 0 aromatic carbocycles. The number of aliphatic carboxylic acids is 1. The summed E-state index contributed by atoms with van der Waals surface area (Å²) < 4.78 is 22.4. The van der Waals surface area contributed by atoms with E-state index in [1.807, 2.05) is 0 Å². The molecule has 0 heterocycles. The van der Waals surface area contributed by atoms with E-state index >= 15 is 0 Å². The molecule has 0 aliphatic carbocycles. The minimum atomic E-state index is -3.57. The molecule has 0 atom stereocenters. The Balaban J connectivity index is 4.04. The molecule has 6 nitrogen and oxygen atoms in total. The molecule has 0 bridgehead atoms. The fourth-order valence-electron chi connectivity index (χ4n) is 0.781. The molecule has 0 fully saturated rings. The monoisotopic (exact) mass is 225 g/mol. The van der Waals surface area contributed by atoms with Crippen molar-refractivity contribution in [2.75, 3.05) is 12.4 Å². The SMILES string of the molecule is CC(C)(C)CS(=O)(=O)NOCC(=O)O. The summed E-state index contributed by atoms with van der Waals surface area (Å²) in [6, 6.07) is 0.